The fourth-order valence-corrected chi connectivity index (χ4v) is 1.78. The Morgan fingerprint density at radius 2 is 2.00 bits per heavy atom. The van der Waals surface area contributed by atoms with Crippen LogP contribution in [0, 0.1) is 12.3 Å². The lowest BCUT2D eigenvalue weighted by Gasteiger charge is -2.09. The van der Waals surface area contributed by atoms with Gasteiger partial charge in [0.05, 0.1) is 5.56 Å². The molecular weight excluding hydrogens is 266 g/mol. The van der Waals surface area contributed by atoms with Crippen LogP contribution in [-0.4, -0.2) is 24.2 Å². The molecule has 0 aliphatic heterocycles. The molecule has 0 amide bonds. The summed E-state index contributed by atoms with van der Waals surface area (Å²) in [5.41, 5.74) is 2.01. The van der Waals surface area contributed by atoms with Gasteiger partial charge in [0.2, 0.25) is 0 Å². The molecule has 0 unspecified atom stereocenters. The first-order chi connectivity index (χ1) is 10.2. The number of hydrogen-bond donors (Lipinski definition) is 2. The first-order valence-electron chi connectivity index (χ1n) is 6.46. The highest BCUT2D eigenvalue weighted by Crippen LogP contribution is 2.12. The van der Waals surface area contributed by atoms with Crippen molar-refractivity contribution in [2.45, 2.75) is 0 Å². The zero-order chi connectivity index (χ0) is 15.1. The van der Waals surface area contributed by atoms with Gasteiger partial charge in [-0.1, -0.05) is 12.0 Å². The third-order valence-corrected chi connectivity index (χ3v) is 2.83. The Kier molecular flexibility index (Phi) is 4.84. The van der Waals surface area contributed by atoms with Crippen LogP contribution in [0.15, 0.2) is 48.5 Å². The smallest absolute Gasteiger partial charge is 0.335 e. The summed E-state index contributed by atoms with van der Waals surface area (Å²) < 4.78 is 5.52. The van der Waals surface area contributed by atoms with E-state index >= 15 is 0 Å². The molecule has 0 fully saturated rings. The Hall–Kier alpha value is -2.93. The van der Waals surface area contributed by atoms with Gasteiger partial charge in [0.25, 0.3) is 0 Å². The standard InChI is InChI=1S/C17H15NO3/c1-2-13-4-3-5-15(12-13)18-10-11-21-16-8-6-14(7-9-16)17(19)20/h1,3-9,12,18H,10-11H2,(H,19,20). The number of carboxylic acids is 1. The SMILES string of the molecule is C#Cc1cccc(NCCOc2ccc(C(=O)O)cc2)c1. The molecule has 0 heterocycles. The van der Waals surface area contributed by atoms with Crippen LogP contribution < -0.4 is 10.1 Å². The van der Waals surface area contributed by atoms with E-state index in [0.717, 1.165) is 11.3 Å². The minimum atomic E-state index is -0.948. The number of rotatable bonds is 6. The van der Waals surface area contributed by atoms with Gasteiger partial charge >= 0.3 is 5.97 Å². The Bertz CT molecular complexity index is 656. The monoisotopic (exact) mass is 281 g/mol. The minimum Gasteiger partial charge on any atom is -0.492 e. The van der Waals surface area contributed by atoms with Crippen molar-refractivity contribution >= 4 is 11.7 Å². The molecule has 2 aromatic carbocycles. The van der Waals surface area contributed by atoms with Gasteiger partial charge in [0.1, 0.15) is 12.4 Å². The van der Waals surface area contributed by atoms with Gasteiger partial charge in [-0.15, -0.1) is 6.42 Å². The van der Waals surface area contributed by atoms with Crippen LogP contribution in [-0.2, 0) is 0 Å². The van der Waals surface area contributed by atoms with Crippen LogP contribution in [0.25, 0.3) is 0 Å². The van der Waals surface area contributed by atoms with Crippen molar-refractivity contribution in [3.63, 3.8) is 0 Å². The maximum Gasteiger partial charge on any atom is 0.335 e. The maximum atomic E-state index is 10.7. The van der Waals surface area contributed by atoms with Crippen molar-refractivity contribution in [1.82, 2.24) is 0 Å². The predicted molar refractivity (Wildman–Crippen MR) is 81.8 cm³/mol. The summed E-state index contributed by atoms with van der Waals surface area (Å²) in [5.74, 6) is 2.27. The summed E-state index contributed by atoms with van der Waals surface area (Å²) in [5, 5.41) is 12.0. The maximum absolute atomic E-state index is 10.7. The first-order valence-corrected chi connectivity index (χ1v) is 6.46. The highest BCUT2D eigenvalue weighted by molar-refractivity contribution is 5.87. The molecule has 2 rings (SSSR count). The molecule has 0 radical (unpaired) electrons. The minimum absolute atomic E-state index is 0.242. The molecule has 2 aromatic rings. The summed E-state index contributed by atoms with van der Waals surface area (Å²) >= 11 is 0. The van der Waals surface area contributed by atoms with Gasteiger partial charge in [-0.3, -0.25) is 0 Å². The lowest BCUT2D eigenvalue weighted by molar-refractivity contribution is 0.0697. The van der Waals surface area contributed by atoms with E-state index in [-0.39, 0.29) is 5.56 Å². The molecule has 0 aliphatic rings. The molecule has 0 saturated heterocycles. The number of aromatic carboxylic acids is 1. The topological polar surface area (TPSA) is 58.6 Å². The summed E-state index contributed by atoms with van der Waals surface area (Å²) in [7, 11) is 0. The van der Waals surface area contributed by atoms with E-state index < -0.39 is 5.97 Å². The predicted octanol–water partition coefficient (Wildman–Crippen LogP) is 2.86. The molecule has 0 atom stereocenters. The molecule has 0 spiro atoms. The zero-order valence-electron chi connectivity index (χ0n) is 11.4. The molecule has 0 saturated carbocycles. The lowest BCUT2D eigenvalue weighted by Crippen LogP contribution is -2.11. The fraction of sp³-hybridized carbons (Fsp3) is 0.118. The normalized spacial score (nSPS) is 9.67. The van der Waals surface area contributed by atoms with Crippen LogP contribution in [0.4, 0.5) is 5.69 Å². The highest BCUT2D eigenvalue weighted by Gasteiger charge is 2.01. The third-order valence-electron chi connectivity index (χ3n) is 2.83. The molecule has 21 heavy (non-hydrogen) atoms. The van der Waals surface area contributed by atoms with E-state index in [1.807, 2.05) is 24.3 Å². The van der Waals surface area contributed by atoms with Gasteiger partial charge in [-0.2, -0.15) is 0 Å². The number of nitrogens with one attached hydrogen (secondary N) is 1. The van der Waals surface area contributed by atoms with Crippen LogP contribution in [0.2, 0.25) is 0 Å². The van der Waals surface area contributed by atoms with Gasteiger partial charge in [0.15, 0.2) is 0 Å². The summed E-state index contributed by atoms with van der Waals surface area (Å²) in [6.45, 7) is 1.08. The number of ether oxygens (including phenoxy) is 1. The zero-order valence-corrected chi connectivity index (χ0v) is 11.4. The molecule has 4 heteroatoms. The number of carbonyl (C=O) groups is 1. The van der Waals surface area contributed by atoms with Crippen molar-refractivity contribution in [1.29, 1.82) is 0 Å². The Morgan fingerprint density at radius 1 is 1.24 bits per heavy atom. The van der Waals surface area contributed by atoms with Gasteiger partial charge in [-0.05, 0) is 42.5 Å². The average Bonchev–Trinajstić information content (AvgIpc) is 2.52. The number of carboxylic acid groups (broad SMARTS) is 1. The number of benzene rings is 2. The van der Waals surface area contributed by atoms with Crippen molar-refractivity contribution in [3.8, 4) is 18.1 Å². The molecule has 0 aliphatic carbocycles. The van der Waals surface area contributed by atoms with E-state index in [0.29, 0.717) is 18.9 Å². The first kappa shape index (κ1) is 14.5. The summed E-state index contributed by atoms with van der Waals surface area (Å²) in [6, 6.07) is 13.9. The van der Waals surface area contributed by atoms with E-state index in [1.165, 1.54) is 12.1 Å². The molecule has 0 bridgehead atoms. The second kappa shape index (κ2) is 7.01. The second-order valence-corrected chi connectivity index (χ2v) is 4.33. The van der Waals surface area contributed by atoms with Crippen LogP contribution in [0.1, 0.15) is 15.9 Å². The van der Waals surface area contributed by atoms with Crippen molar-refractivity contribution in [2.75, 3.05) is 18.5 Å². The largest absolute Gasteiger partial charge is 0.492 e. The van der Waals surface area contributed by atoms with E-state index in [9.17, 15) is 4.79 Å². The van der Waals surface area contributed by atoms with Gasteiger partial charge < -0.3 is 15.2 Å². The Morgan fingerprint density at radius 3 is 2.67 bits per heavy atom. The second-order valence-electron chi connectivity index (χ2n) is 4.33. The van der Waals surface area contributed by atoms with Crippen LogP contribution in [0.5, 0.6) is 5.75 Å². The Labute approximate surface area is 123 Å². The lowest BCUT2D eigenvalue weighted by atomic mass is 10.2. The molecule has 106 valence electrons. The van der Waals surface area contributed by atoms with Gasteiger partial charge in [-0.25, -0.2) is 4.79 Å². The summed E-state index contributed by atoms with van der Waals surface area (Å²) in [4.78, 5) is 10.7. The highest BCUT2D eigenvalue weighted by atomic mass is 16.5. The average molecular weight is 281 g/mol. The Balaban J connectivity index is 1.79. The van der Waals surface area contributed by atoms with E-state index in [1.54, 1.807) is 12.1 Å². The third kappa shape index (κ3) is 4.29. The molecule has 4 nitrogen and oxygen atoms in total. The van der Waals surface area contributed by atoms with Crippen molar-refractivity contribution in [2.24, 2.45) is 0 Å². The molecular formula is C17H15NO3. The fourth-order valence-electron chi connectivity index (χ4n) is 1.78. The quantitative estimate of drug-likeness (QED) is 0.631. The summed E-state index contributed by atoms with van der Waals surface area (Å²) in [6.07, 6.45) is 5.34. The van der Waals surface area contributed by atoms with Crippen LogP contribution in [0.3, 0.4) is 0 Å². The van der Waals surface area contributed by atoms with Crippen LogP contribution >= 0.6 is 0 Å². The molecule has 0 aromatic heterocycles. The van der Waals surface area contributed by atoms with Crippen molar-refractivity contribution in [3.05, 3.63) is 59.7 Å². The number of anilines is 1. The van der Waals surface area contributed by atoms with Crippen molar-refractivity contribution < 1.29 is 14.6 Å². The number of hydrogen-bond acceptors (Lipinski definition) is 3. The molecule has 2 N–H and O–H groups in total. The number of terminal acetylenes is 1. The van der Waals surface area contributed by atoms with Gasteiger partial charge in [0, 0.05) is 17.8 Å². The van der Waals surface area contributed by atoms with E-state index in [2.05, 4.69) is 11.2 Å². The van der Waals surface area contributed by atoms with E-state index in [4.69, 9.17) is 16.3 Å².